The van der Waals surface area contributed by atoms with Gasteiger partial charge in [0.2, 0.25) is 0 Å². The summed E-state index contributed by atoms with van der Waals surface area (Å²) in [5.41, 5.74) is 6.37. The molecule has 3 heteroatoms. The predicted molar refractivity (Wildman–Crippen MR) is 88.6 cm³/mol. The van der Waals surface area contributed by atoms with Crippen molar-refractivity contribution in [2.24, 2.45) is 7.05 Å². The van der Waals surface area contributed by atoms with Crippen LogP contribution in [0, 0.1) is 13.8 Å². The molecule has 1 unspecified atom stereocenters. The summed E-state index contributed by atoms with van der Waals surface area (Å²) in [4.78, 5) is 0. The lowest BCUT2D eigenvalue weighted by Gasteiger charge is -2.20. The van der Waals surface area contributed by atoms with Crippen molar-refractivity contribution < 1.29 is 0 Å². The molecule has 21 heavy (non-hydrogen) atoms. The van der Waals surface area contributed by atoms with Gasteiger partial charge in [-0.05, 0) is 44.4 Å². The summed E-state index contributed by atoms with van der Waals surface area (Å²) in [6, 6.07) is 9.19. The zero-order chi connectivity index (χ0) is 15.4. The quantitative estimate of drug-likeness (QED) is 0.877. The molecule has 0 fully saturated rings. The lowest BCUT2D eigenvalue weighted by atomic mass is 9.95. The number of rotatable bonds is 6. The summed E-state index contributed by atoms with van der Waals surface area (Å²) in [6.45, 7) is 9.65. The van der Waals surface area contributed by atoms with E-state index in [1.165, 1.54) is 22.4 Å². The van der Waals surface area contributed by atoms with E-state index in [0.29, 0.717) is 0 Å². The Hall–Kier alpha value is -1.61. The van der Waals surface area contributed by atoms with E-state index in [9.17, 15) is 0 Å². The van der Waals surface area contributed by atoms with E-state index in [4.69, 9.17) is 0 Å². The first-order chi connectivity index (χ1) is 10.1. The average Bonchev–Trinajstić information content (AvgIpc) is 2.74. The second-order valence-electron chi connectivity index (χ2n) is 5.69. The number of aromatic nitrogens is 2. The molecule has 0 aliphatic heterocycles. The minimum atomic E-state index is 0.226. The van der Waals surface area contributed by atoms with Gasteiger partial charge in [0.05, 0.1) is 11.7 Å². The monoisotopic (exact) mass is 285 g/mol. The van der Waals surface area contributed by atoms with Crippen molar-refractivity contribution >= 4 is 0 Å². The van der Waals surface area contributed by atoms with Gasteiger partial charge in [-0.2, -0.15) is 5.10 Å². The SMILES string of the molecule is CCCNC(c1ccc(CC)cc1)c1c(C)nn(C)c1C. The van der Waals surface area contributed by atoms with Gasteiger partial charge in [0.25, 0.3) is 0 Å². The van der Waals surface area contributed by atoms with Crippen LogP contribution in [-0.4, -0.2) is 16.3 Å². The van der Waals surface area contributed by atoms with Crippen molar-refractivity contribution in [1.29, 1.82) is 0 Å². The Kier molecular flexibility index (Phi) is 5.18. The lowest BCUT2D eigenvalue weighted by molar-refractivity contribution is 0.592. The standard InChI is InChI=1S/C18H27N3/c1-6-12-19-18(16-10-8-15(7-2)9-11-16)17-13(3)20-21(5)14(17)4/h8-11,18-19H,6-7,12H2,1-5H3. The van der Waals surface area contributed by atoms with Crippen molar-refractivity contribution in [1.82, 2.24) is 15.1 Å². The van der Waals surface area contributed by atoms with E-state index in [1.807, 2.05) is 11.7 Å². The van der Waals surface area contributed by atoms with E-state index >= 15 is 0 Å². The van der Waals surface area contributed by atoms with Gasteiger partial charge in [0.1, 0.15) is 0 Å². The summed E-state index contributed by atoms with van der Waals surface area (Å²) in [6.07, 6.45) is 2.21. The van der Waals surface area contributed by atoms with Gasteiger partial charge < -0.3 is 5.32 Å². The maximum Gasteiger partial charge on any atom is 0.0647 e. The fourth-order valence-electron chi connectivity index (χ4n) is 2.83. The smallest absolute Gasteiger partial charge is 0.0647 e. The Balaban J connectivity index is 2.41. The first-order valence-electron chi connectivity index (χ1n) is 7.90. The molecule has 1 aromatic carbocycles. The van der Waals surface area contributed by atoms with Crippen LogP contribution in [-0.2, 0) is 13.5 Å². The van der Waals surface area contributed by atoms with Crippen LogP contribution in [0.3, 0.4) is 0 Å². The fraction of sp³-hybridized carbons (Fsp3) is 0.500. The number of nitrogens with zero attached hydrogens (tertiary/aromatic N) is 2. The molecule has 0 bridgehead atoms. The minimum absolute atomic E-state index is 0.226. The Morgan fingerprint density at radius 1 is 1.14 bits per heavy atom. The normalized spacial score (nSPS) is 12.6. The van der Waals surface area contributed by atoms with Gasteiger partial charge >= 0.3 is 0 Å². The molecule has 1 atom stereocenters. The van der Waals surface area contributed by atoms with Crippen molar-refractivity contribution in [2.75, 3.05) is 6.54 Å². The molecule has 3 nitrogen and oxygen atoms in total. The Morgan fingerprint density at radius 2 is 1.81 bits per heavy atom. The highest BCUT2D eigenvalue weighted by Gasteiger charge is 2.21. The van der Waals surface area contributed by atoms with Gasteiger partial charge in [-0.25, -0.2) is 0 Å². The molecule has 1 N–H and O–H groups in total. The van der Waals surface area contributed by atoms with Crippen LogP contribution < -0.4 is 5.32 Å². The van der Waals surface area contributed by atoms with Crippen molar-refractivity contribution in [3.8, 4) is 0 Å². The van der Waals surface area contributed by atoms with Gasteiger partial charge in [0.15, 0.2) is 0 Å². The zero-order valence-electron chi connectivity index (χ0n) is 13.9. The highest BCUT2D eigenvalue weighted by atomic mass is 15.3. The fourth-order valence-corrected chi connectivity index (χ4v) is 2.83. The topological polar surface area (TPSA) is 29.9 Å². The minimum Gasteiger partial charge on any atom is -0.306 e. The van der Waals surface area contributed by atoms with Crippen LogP contribution in [0.25, 0.3) is 0 Å². The second kappa shape index (κ2) is 6.90. The van der Waals surface area contributed by atoms with Crippen LogP contribution in [0.1, 0.15) is 54.4 Å². The summed E-state index contributed by atoms with van der Waals surface area (Å²) in [5, 5.41) is 8.26. The largest absolute Gasteiger partial charge is 0.306 e. The Bertz CT molecular complexity index is 581. The molecular formula is C18H27N3. The maximum absolute atomic E-state index is 4.58. The molecule has 0 amide bonds. The summed E-state index contributed by atoms with van der Waals surface area (Å²) in [5.74, 6) is 0. The molecule has 0 spiro atoms. The van der Waals surface area contributed by atoms with Crippen LogP contribution in [0.15, 0.2) is 24.3 Å². The van der Waals surface area contributed by atoms with E-state index in [0.717, 1.165) is 25.1 Å². The number of hydrogen-bond donors (Lipinski definition) is 1. The highest BCUT2D eigenvalue weighted by molar-refractivity contribution is 5.38. The summed E-state index contributed by atoms with van der Waals surface area (Å²) < 4.78 is 1.98. The third kappa shape index (κ3) is 3.35. The molecule has 114 valence electrons. The number of benzene rings is 1. The van der Waals surface area contributed by atoms with Crippen LogP contribution in [0.4, 0.5) is 0 Å². The summed E-state index contributed by atoms with van der Waals surface area (Å²) >= 11 is 0. The molecule has 0 aliphatic rings. The molecular weight excluding hydrogens is 258 g/mol. The molecule has 2 aromatic rings. The first-order valence-corrected chi connectivity index (χ1v) is 7.90. The van der Waals surface area contributed by atoms with Crippen LogP contribution in [0.2, 0.25) is 0 Å². The van der Waals surface area contributed by atoms with Crippen molar-refractivity contribution in [2.45, 2.75) is 46.6 Å². The number of nitrogens with one attached hydrogen (secondary N) is 1. The van der Waals surface area contributed by atoms with Crippen LogP contribution in [0.5, 0.6) is 0 Å². The lowest BCUT2D eigenvalue weighted by Crippen LogP contribution is -2.24. The van der Waals surface area contributed by atoms with Gasteiger partial charge in [-0.1, -0.05) is 38.1 Å². The molecule has 2 rings (SSSR count). The van der Waals surface area contributed by atoms with E-state index in [1.54, 1.807) is 0 Å². The van der Waals surface area contributed by atoms with Gasteiger partial charge in [-0.15, -0.1) is 0 Å². The van der Waals surface area contributed by atoms with Crippen LogP contribution >= 0.6 is 0 Å². The summed E-state index contributed by atoms with van der Waals surface area (Å²) in [7, 11) is 2.02. The molecule has 0 saturated carbocycles. The molecule has 0 saturated heterocycles. The van der Waals surface area contributed by atoms with Gasteiger partial charge in [0, 0.05) is 18.3 Å². The van der Waals surface area contributed by atoms with Gasteiger partial charge in [-0.3, -0.25) is 4.68 Å². The molecule has 0 radical (unpaired) electrons. The maximum atomic E-state index is 4.58. The van der Waals surface area contributed by atoms with E-state index < -0.39 is 0 Å². The number of hydrogen-bond acceptors (Lipinski definition) is 2. The Morgan fingerprint density at radius 3 is 2.29 bits per heavy atom. The van der Waals surface area contributed by atoms with E-state index in [2.05, 4.69) is 62.4 Å². The Labute approximate surface area is 128 Å². The molecule has 0 aliphatic carbocycles. The highest BCUT2D eigenvalue weighted by Crippen LogP contribution is 2.27. The predicted octanol–water partition coefficient (Wildman–Crippen LogP) is 3.69. The first kappa shape index (κ1) is 15.8. The third-order valence-corrected chi connectivity index (χ3v) is 4.17. The van der Waals surface area contributed by atoms with Crippen molar-refractivity contribution in [3.63, 3.8) is 0 Å². The molecule has 1 aromatic heterocycles. The average molecular weight is 285 g/mol. The number of aryl methyl sites for hydroxylation is 3. The third-order valence-electron chi connectivity index (χ3n) is 4.17. The van der Waals surface area contributed by atoms with Crippen molar-refractivity contribution in [3.05, 3.63) is 52.3 Å². The second-order valence-corrected chi connectivity index (χ2v) is 5.69. The molecule has 1 heterocycles. The van der Waals surface area contributed by atoms with E-state index in [-0.39, 0.29) is 6.04 Å². The zero-order valence-corrected chi connectivity index (χ0v) is 13.9.